The van der Waals surface area contributed by atoms with Gasteiger partial charge in [0, 0.05) is 24.9 Å². The number of nitrogens with zero attached hydrogens (tertiary/aromatic N) is 2. The Hall–Kier alpha value is -2.95. The Kier molecular flexibility index (Phi) is 5.79. The summed E-state index contributed by atoms with van der Waals surface area (Å²) in [5, 5.41) is 8.74. The molecule has 3 rings (SSSR count). The minimum atomic E-state index is -0.155. The van der Waals surface area contributed by atoms with Crippen LogP contribution in [0.4, 0.5) is 5.69 Å². The molecule has 0 aliphatic carbocycles. The van der Waals surface area contributed by atoms with Crippen molar-refractivity contribution in [1.82, 2.24) is 5.01 Å². The van der Waals surface area contributed by atoms with Crippen molar-refractivity contribution in [2.75, 3.05) is 11.9 Å². The first kappa shape index (κ1) is 17.9. The maximum Gasteiger partial charge on any atom is 0.243 e. The van der Waals surface area contributed by atoms with Crippen LogP contribution in [0.25, 0.3) is 0 Å². The summed E-state index contributed by atoms with van der Waals surface area (Å²) in [7, 11) is 0. The summed E-state index contributed by atoms with van der Waals surface area (Å²) in [6.45, 7) is 2.64. The van der Waals surface area contributed by atoms with Crippen molar-refractivity contribution >= 4 is 23.2 Å². The molecule has 1 N–H and O–H groups in total. The summed E-state index contributed by atoms with van der Waals surface area (Å²) in [4.78, 5) is 24.4. The van der Waals surface area contributed by atoms with Crippen molar-refractivity contribution in [1.29, 1.82) is 0 Å². The molecule has 2 aromatic rings. The number of hydrogen-bond donors (Lipinski definition) is 1. The molecule has 0 saturated heterocycles. The van der Waals surface area contributed by atoms with Gasteiger partial charge in [-0.1, -0.05) is 49.4 Å². The molecule has 0 unspecified atom stereocenters. The van der Waals surface area contributed by atoms with Gasteiger partial charge in [0.1, 0.15) is 0 Å². The second-order valence-corrected chi connectivity index (χ2v) is 6.28. The van der Waals surface area contributed by atoms with E-state index in [9.17, 15) is 9.59 Å². The predicted molar refractivity (Wildman–Crippen MR) is 103 cm³/mol. The lowest BCUT2D eigenvalue weighted by Crippen LogP contribution is -2.25. The Morgan fingerprint density at radius 2 is 1.88 bits per heavy atom. The van der Waals surface area contributed by atoms with Gasteiger partial charge in [-0.05, 0) is 29.7 Å². The molecule has 26 heavy (non-hydrogen) atoms. The van der Waals surface area contributed by atoms with Gasteiger partial charge < -0.3 is 5.32 Å². The summed E-state index contributed by atoms with van der Waals surface area (Å²) in [6, 6.07) is 17.6. The van der Waals surface area contributed by atoms with Gasteiger partial charge in [-0.25, -0.2) is 5.01 Å². The fraction of sp³-hybridized carbons (Fsp3) is 0.286. The maximum atomic E-state index is 12.3. The van der Waals surface area contributed by atoms with Crippen LogP contribution in [0.2, 0.25) is 0 Å². The fourth-order valence-electron chi connectivity index (χ4n) is 2.91. The molecule has 2 amide bonds. The van der Waals surface area contributed by atoms with Gasteiger partial charge in [-0.3, -0.25) is 9.59 Å². The Morgan fingerprint density at radius 1 is 1.08 bits per heavy atom. The lowest BCUT2D eigenvalue weighted by atomic mass is 10.1. The van der Waals surface area contributed by atoms with Crippen LogP contribution >= 0.6 is 0 Å². The molecule has 2 aromatic carbocycles. The molecule has 0 atom stereocenters. The van der Waals surface area contributed by atoms with E-state index in [-0.39, 0.29) is 24.7 Å². The summed E-state index contributed by atoms with van der Waals surface area (Å²) in [5.41, 5.74) is 3.89. The van der Waals surface area contributed by atoms with Crippen molar-refractivity contribution in [3.8, 4) is 0 Å². The average Bonchev–Trinajstić information content (AvgIpc) is 3.17. The number of amides is 2. The van der Waals surface area contributed by atoms with E-state index in [0.29, 0.717) is 6.54 Å². The molecule has 1 aliphatic heterocycles. The van der Waals surface area contributed by atoms with Crippen molar-refractivity contribution in [3.05, 3.63) is 65.7 Å². The molecule has 5 heteroatoms. The molecule has 0 saturated carbocycles. The number of aryl methyl sites for hydroxylation is 1. The zero-order valence-electron chi connectivity index (χ0n) is 14.9. The minimum Gasteiger partial charge on any atom is -0.326 e. The van der Waals surface area contributed by atoms with Crippen molar-refractivity contribution in [2.24, 2.45) is 5.10 Å². The Morgan fingerprint density at radius 3 is 2.65 bits per heavy atom. The van der Waals surface area contributed by atoms with Gasteiger partial charge in [-0.2, -0.15) is 5.10 Å². The summed E-state index contributed by atoms with van der Waals surface area (Å²) < 4.78 is 0. The molecule has 0 fully saturated rings. The average molecular weight is 349 g/mol. The van der Waals surface area contributed by atoms with E-state index in [1.807, 2.05) is 54.6 Å². The molecular formula is C21H23N3O2. The highest BCUT2D eigenvalue weighted by Crippen LogP contribution is 2.16. The molecule has 0 radical (unpaired) electrons. The van der Waals surface area contributed by atoms with Gasteiger partial charge >= 0.3 is 0 Å². The number of hydrazone groups is 1. The number of anilines is 1. The van der Waals surface area contributed by atoms with Crippen LogP contribution in [0.1, 0.15) is 37.3 Å². The molecule has 0 bridgehead atoms. The summed E-state index contributed by atoms with van der Waals surface area (Å²) in [5.74, 6) is -0.272. The topological polar surface area (TPSA) is 61.8 Å². The van der Waals surface area contributed by atoms with Crippen LogP contribution in [0.15, 0.2) is 59.7 Å². The highest BCUT2D eigenvalue weighted by Gasteiger charge is 2.21. The third kappa shape index (κ3) is 4.57. The predicted octanol–water partition coefficient (Wildman–Crippen LogP) is 3.60. The molecular weight excluding hydrogens is 326 g/mol. The quantitative estimate of drug-likeness (QED) is 0.866. The van der Waals surface area contributed by atoms with E-state index >= 15 is 0 Å². The SMILES string of the molecule is CCc1cccc(NC(=O)CCC(=O)N2CCC(c3ccccc3)=N2)c1. The van der Waals surface area contributed by atoms with Crippen LogP contribution in [0.5, 0.6) is 0 Å². The molecule has 5 nitrogen and oxygen atoms in total. The van der Waals surface area contributed by atoms with Crippen LogP contribution in [-0.2, 0) is 16.0 Å². The van der Waals surface area contributed by atoms with Crippen molar-refractivity contribution in [2.45, 2.75) is 32.6 Å². The van der Waals surface area contributed by atoms with Crippen LogP contribution in [0.3, 0.4) is 0 Å². The Labute approximate surface area is 153 Å². The second kappa shape index (κ2) is 8.43. The van der Waals surface area contributed by atoms with Crippen LogP contribution in [-0.4, -0.2) is 29.1 Å². The molecule has 0 spiro atoms. The van der Waals surface area contributed by atoms with E-state index in [4.69, 9.17) is 0 Å². The highest BCUT2D eigenvalue weighted by atomic mass is 16.2. The smallest absolute Gasteiger partial charge is 0.243 e. The second-order valence-electron chi connectivity index (χ2n) is 6.28. The molecule has 134 valence electrons. The van der Waals surface area contributed by atoms with Crippen LogP contribution < -0.4 is 5.32 Å². The van der Waals surface area contributed by atoms with Gasteiger partial charge in [0.2, 0.25) is 11.8 Å². The third-order valence-corrected chi connectivity index (χ3v) is 4.38. The molecule has 0 aromatic heterocycles. The summed E-state index contributed by atoms with van der Waals surface area (Å²) >= 11 is 0. The number of carbonyl (C=O) groups is 2. The van der Waals surface area contributed by atoms with Gasteiger partial charge in [0.05, 0.1) is 12.3 Å². The standard InChI is InChI=1S/C21H23N3O2/c1-2-16-7-6-10-18(15-16)22-20(25)11-12-21(26)24-14-13-19(23-24)17-8-4-3-5-9-17/h3-10,15H,2,11-14H2,1H3,(H,22,25). The number of rotatable bonds is 6. The molecule has 1 aliphatic rings. The number of benzene rings is 2. The van der Waals surface area contributed by atoms with Crippen molar-refractivity contribution < 1.29 is 9.59 Å². The monoisotopic (exact) mass is 349 g/mol. The Balaban J connectivity index is 1.51. The van der Waals surface area contributed by atoms with E-state index in [1.54, 1.807) is 0 Å². The first-order valence-electron chi connectivity index (χ1n) is 8.98. The highest BCUT2D eigenvalue weighted by molar-refractivity contribution is 6.02. The van der Waals surface area contributed by atoms with E-state index in [1.165, 1.54) is 10.6 Å². The zero-order chi connectivity index (χ0) is 18.4. The normalized spacial score (nSPS) is 13.4. The maximum absolute atomic E-state index is 12.3. The first-order valence-corrected chi connectivity index (χ1v) is 8.98. The summed E-state index contributed by atoms with van der Waals surface area (Å²) in [6.07, 6.45) is 1.97. The van der Waals surface area contributed by atoms with Crippen molar-refractivity contribution in [3.63, 3.8) is 0 Å². The van der Waals surface area contributed by atoms with E-state index in [0.717, 1.165) is 29.8 Å². The fourth-order valence-corrected chi connectivity index (χ4v) is 2.91. The lowest BCUT2D eigenvalue weighted by molar-refractivity contribution is -0.132. The van der Waals surface area contributed by atoms with Gasteiger partial charge in [0.25, 0.3) is 0 Å². The molecule has 1 heterocycles. The van der Waals surface area contributed by atoms with E-state index in [2.05, 4.69) is 17.3 Å². The third-order valence-electron chi connectivity index (χ3n) is 4.38. The minimum absolute atomic E-state index is 0.117. The number of carbonyl (C=O) groups excluding carboxylic acids is 2. The first-order chi connectivity index (χ1) is 12.7. The lowest BCUT2D eigenvalue weighted by Gasteiger charge is -2.11. The van der Waals surface area contributed by atoms with E-state index < -0.39 is 0 Å². The zero-order valence-corrected chi connectivity index (χ0v) is 14.9. The number of hydrogen-bond acceptors (Lipinski definition) is 3. The number of nitrogens with one attached hydrogen (secondary N) is 1. The van der Waals surface area contributed by atoms with Crippen LogP contribution in [0, 0.1) is 0 Å². The van der Waals surface area contributed by atoms with Gasteiger partial charge in [0.15, 0.2) is 0 Å². The Bertz CT molecular complexity index is 815. The largest absolute Gasteiger partial charge is 0.326 e. The van der Waals surface area contributed by atoms with Gasteiger partial charge in [-0.15, -0.1) is 0 Å².